The lowest BCUT2D eigenvalue weighted by molar-refractivity contribution is -0.127. The molecule has 0 unspecified atom stereocenters. The second-order valence-corrected chi connectivity index (χ2v) is 5.23. The Labute approximate surface area is 120 Å². The predicted octanol–water partition coefficient (Wildman–Crippen LogP) is 0.939. The molecule has 0 atom stereocenters. The molecule has 6 heteroatoms. The molecule has 0 saturated heterocycles. The van der Waals surface area contributed by atoms with E-state index in [1.807, 2.05) is 11.8 Å². The normalized spacial score (nSPS) is 11.0. The van der Waals surface area contributed by atoms with Crippen LogP contribution < -0.4 is 10.6 Å². The molecule has 0 aliphatic carbocycles. The fourth-order valence-electron chi connectivity index (χ4n) is 1.21. The van der Waals surface area contributed by atoms with Crippen LogP contribution in [0.15, 0.2) is 17.6 Å². The van der Waals surface area contributed by atoms with Crippen LogP contribution in [0.4, 0.5) is 0 Å². The summed E-state index contributed by atoms with van der Waals surface area (Å²) in [5.74, 6) is 1.83. The van der Waals surface area contributed by atoms with E-state index in [4.69, 9.17) is 0 Å². The van der Waals surface area contributed by atoms with Gasteiger partial charge in [0.1, 0.15) is 6.54 Å². The van der Waals surface area contributed by atoms with Gasteiger partial charge in [0.15, 0.2) is 5.96 Å². The van der Waals surface area contributed by atoms with Crippen molar-refractivity contribution in [3.63, 3.8) is 0 Å². The van der Waals surface area contributed by atoms with Gasteiger partial charge in [0.25, 0.3) is 0 Å². The monoisotopic (exact) mass is 286 g/mol. The zero-order valence-corrected chi connectivity index (χ0v) is 13.1. The molecule has 19 heavy (non-hydrogen) atoms. The summed E-state index contributed by atoms with van der Waals surface area (Å²) >= 11 is 1.85. The number of carbonyl (C=O) groups excluding carboxylic acids is 1. The van der Waals surface area contributed by atoms with Crippen molar-refractivity contribution in [3.05, 3.63) is 12.7 Å². The Morgan fingerprint density at radius 1 is 1.37 bits per heavy atom. The van der Waals surface area contributed by atoms with E-state index in [0.717, 1.165) is 13.0 Å². The average Bonchev–Trinajstić information content (AvgIpc) is 2.40. The third-order valence-electron chi connectivity index (χ3n) is 2.35. The molecule has 0 aliphatic rings. The van der Waals surface area contributed by atoms with E-state index < -0.39 is 0 Å². The highest BCUT2D eigenvalue weighted by atomic mass is 32.2. The van der Waals surface area contributed by atoms with E-state index in [1.165, 1.54) is 17.1 Å². The minimum Gasteiger partial charge on any atom is -0.356 e. The number of nitrogens with one attached hydrogen (secondary N) is 2. The molecular formula is C13H26N4OS. The Morgan fingerprint density at radius 2 is 2.11 bits per heavy atom. The first kappa shape index (κ1) is 17.8. The van der Waals surface area contributed by atoms with Crippen molar-refractivity contribution in [1.29, 1.82) is 0 Å². The molecule has 0 saturated carbocycles. The van der Waals surface area contributed by atoms with Gasteiger partial charge in [-0.05, 0) is 24.9 Å². The minimum atomic E-state index is -0.0120. The van der Waals surface area contributed by atoms with Crippen molar-refractivity contribution in [2.24, 2.45) is 4.99 Å². The van der Waals surface area contributed by atoms with Gasteiger partial charge in [0.05, 0.1) is 0 Å². The molecule has 5 nitrogen and oxygen atoms in total. The average molecular weight is 286 g/mol. The van der Waals surface area contributed by atoms with Gasteiger partial charge in [-0.3, -0.25) is 4.79 Å². The summed E-state index contributed by atoms with van der Waals surface area (Å²) in [5.41, 5.74) is 0. The summed E-state index contributed by atoms with van der Waals surface area (Å²) in [7, 11) is 3.45. The lowest BCUT2D eigenvalue weighted by atomic mass is 10.3. The van der Waals surface area contributed by atoms with E-state index in [0.29, 0.717) is 12.5 Å². The molecule has 1 amide bonds. The van der Waals surface area contributed by atoms with Crippen LogP contribution in [0.3, 0.4) is 0 Å². The van der Waals surface area contributed by atoms with Crippen LogP contribution in [0.1, 0.15) is 12.8 Å². The summed E-state index contributed by atoms with van der Waals surface area (Å²) in [5, 5.41) is 6.32. The zero-order valence-electron chi connectivity index (χ0n) is 12.2. The Bertz CT molecular complexity index is 292. The standard InChI is InChI=1S/C13H26N4OS/c1-5-8-14-13(15-9-6-7-10-19-4)16-11-12(18)17(2)3/h5H,1,6-11H2,2-4H3,(H2,14,15,16). The van der Waals surface area contributed by atoms with Crippen LogP contribution in [0.5, 0.6) is 0 Å². The first-order valence-corrected chi connectivity index (χ1v) is 7.83. The van der Waals surface area contributed by atoms with Crippen molar-refractivity contribution in [2.75, 3.05) is 45.7 Å². The van der Waals surface area contributed by atoms with Crippen molar-refractivity contribution in [3.8, 4) is 0 Å². The van der Waals surface area contributed by atoms with E-state index in [1.54, 1.807) is 20.2 Å². The Morgan fingerprint density at radius 3 is 2.68 bits per heavy atom. The molecule has 0 rings (SSSR count). The Hall–Kier alpha value is -1.17. The highest BCUT2D eigenvalue weighted by molar-refractivity contribution is 7.98. The maximum atomic E-state index is 11.5. The first-order valence-electron chi connectivity index (χ1n) is 6.44. The highest BCUT2D eigenvalue weighted by Crippen LogP contribution is 1.97. The van der Waals surface area contributed by atoms with Gasteiger partial charge in [-0.15, -0.1) is 6.58 Å². The molecule has 0 fully saturated rings. The van der Waals surface area contributed by atoms with Gasteiger partial charge in [-0.25, -0.2) is 4.99 Å². The van der Waals surface area contributed by atoms with E-state index in [9.17, 15) is 4.79 Å². The number of likely N-dealkylation sites (N-methyl/N-ethyl adjacent to an activating group) is 1. The molecule has 0 bridgehead atoms. The predicted molar refractivity (Wildman–Crippen MR) is 84.8 cm³/mol. The quantitative estimate of drug-likeness (QED) is 0.287. The molecule has 0 heterocycles. The summed E-state index contributed by atoms with van der Waals surface area (Å²) < 4.78 is 0. The van der Waals surface area contributed by atoms with Crippen molar-refractivity contribution < 1.29 is 4.79 Å². The molecule has 2 N–H and O–H groups in total. The molecule has 0 radical (unpaired) electrons. The van der Waals surface area contributed by atoms with Gasteiger partial charge in [0.2, 0.25) is 5.91 Å². The fraction of sp³-hybridized carbons (Fsp3) is 0.692. The maximum absolute atomic E-state index is 11.5. The number of guanidine groups is 1. The van der Waals surface area contributed by atoms with Crippen LogP contribution in [0.2, 0.25) is 0 Å². The molecule has 0 aliphatic heterocycles. The number of carbonyl (C=O) groups is 1. The molecule has 0 aromatic rings. The van der Waals surface area contributed by atoms with Gasteiger partial charge in [-0.1, -0.05) is 6.08 Å². The Kier molecular flexibility index (Phi) is 11.2. The number of thioether (sulfide) groups is 1. The SMILES string of the molecule is C=CCNC(=NCC(=O)N(C)C)NCCCCSC. The lowest BCUT2D eigenvalue weighted by Gasteiger charge is -2.12. The number of aliphatic imine (C=N–C) groups is 1. The Balaban J connectivity index is 4.09. The van der Waals surface area contributed by atoms with Gasteiger partial charge in [0, 0.05) is 27.2 Å². The maximum Gasteiger partial charge on any atom is 0.243 e. The molecule has 0 aromatic carbocycles. The zero-order chi connectivity index (χ0) is 14.5. The van der Waals surface area contributed by atoms with Crippen LogP contribution in [0.25, 0.3) is 0 Å². The molecule has 0 spiro atoms. The summed E-state index contributed by atoms with van der Waals surface area (Å²) in [6.45, 7) is 5.30. The van der Waals surface area contributed by atoms with Crippen LogP contribution in [-0.2, 0) is 4.79 Å². The largest absolute Gasteiger partial charge is 0.356 e. The van der Waals surface area contributed by atoms with Gasteiger partial charge in [-0.2, -0.15) is 11.8 Å². The third-order valence-corrected chi connectivity index (χ3v) is 3.05. The number of hydrogen-bond donors (Lipinski definition) is 2. The van der Waals surface area contributed by atoms with Crippen molar-refractivity contribution in [2.45, 2.75) is 12.8 Å². The number of unbranched alkanes of at least 4 members (excludes halogenated alkanes) is 1. The molecular weight excluding hydrogens is 260 g/mol. The highest BCUT2D eigenvalue weighted by Gasteiger charge is 2.03. The van der Waals surface area contributed by atoms with E-state index in [-0.39, 0.29) is 12.5 Å². The summed E-state index contributed by atoms with van der Waals surface area (Å²) in [4.78, 5) is 17.3. The third kappa shape index (κ3) is 10.4. The van der Waals surface area contributed by atoms with Crippen LogP contribution >= 0.6 is 11.8 Å². The minimum absolute atomic E-state index is 0.0120. The van der Waals surface area contributed by atoms with Crippen molar-refractivity contribution >= 4 is 23.6 Å². The number of nitrogens with zero attached hydrogens (tertiary/aromatic N) is 2. The second-order valence-electron chi connectivity index (χ2n) is 4.25. The fourth-order valence-corrected chi connectivity index (χ4v) is 1.70. The number of amides is 1. The topological polar surface area (TPSA) is 56.7 Å². The van der Waals surface area contributed by atoms with Crippen LogP contribution in [0, 0.1) is 0 Å². The second kappa shape index (κ2) is 11.9. The van der Waals surface area contributed by atoms with E-state index >= 15 is 0 Å². The summed E-state index contributed by atoms with van der Waals surface area (Å²) in [6, 6.07) is 0. The smallest absolute Gasteiger partial charge is 0.243 e. The molecule has 0 aromatic heterocycles. The van der Waals surface area contributed by atoms with Crippen molar-refractivity contribution in [1.82, 2.24) is 15.5 Å². The first-order chi connectivity index (χ1) is 9.11. The van der Waals surface area contributed by atoms with Gasteiger partial charge < -0.3 is 15.5 Å². The number of hydrogen-bond acceptors (Lipinski definition) is 3. The summed E-state index contributed by atoms with van der Waals surface area (Å²) in [6.07, 6.45) is 6.15. The van der Waals surface area contributed by atoms with Gasteiger partial charge >= 0.3 is 0 Å². The lowest BCUT2D eigenvalue weighted by Crippen LogP contribution is -2.39. The van der Waals surface area contributed by atoms with E-state index in [2.05, 4.69) is 28.5 Å². The molecule has 110 valence electrons. The number of rotatable bonds is 9. The van der Waals surface area contributed by atoms with Crippen LogP contribution in [-0.4, -0.2) is 62.5 Å².